The van der Waals surface area contributed by atoms with E-state index in [4.69, 9.17) is 4.84 Å². The topological polar surface area (TPSA) is 28.1 Å². The number of allylic oxidation sites excluding steroid dienone is 2. The van der Waals surface area contributed by atoms with Gasteiger partial charge in [-0.3, -0.25) is 0 Å². The van der Waals surface area contributed by atoms with Crippen molar-refractivity contribution in [3.8, 4) is 0 Å². The SMILES string of the molecule is CCCC/C=C1/CCCC/C1=N\OCCCN1CCN(C)CC1. The van der Waals surface area contributed by atoms with Gasteiger partial charge in [0.2, 0.25) is 0 Å². The predicted molar refractivity (Wildman–Crippen MR) is 98.0 cm³/mol. The minimum absolute atomic E-state index is 0.748. The van der Waals surface area contributed by atoms with Crippen molar-refractivity contribution in [2.75, 3.05) is 46.4 Å². The van der Waals surface area contributed by atoms with Crippen LogP contribution in [0.5, 0.6) is 0 Å². The van der Waals surface area contributed by atoms with Gasteiger partial charge in [-0.05, 0) is 51.1 Å². The maximum Gasteiger partial charge on any atom is 0.118 e. The van der Waals surface area contributed by atoms with E-state index in [9.17, 15) is 0 Å². The van der Waals surface area contributed by atoms with Crippen molar-refractivity contribution in [1.29, 1.82) is 0 Å². The third kappa shape index (κ3) is 7.05. The fourth-order valence-corrected chi connectivity index (χ4v) is 3.27. The molecule has 4 nitrogen and oxygen atoms in total. The number of oxime groups is 1. The lowest BCUT2D eigenvalue weighted by Crippen LogP contribution is -2.44. The third-order valence-corrected chi connectivity index (χ3v) is 4.91. The summed E-state index contributed by atoms with van der Waals surface area (Å²) in [5.74, 6) is 0. The largest absolute Gasteiger partial charge is 0.396 e. The van der Waals surface area contributed by atoms with Crippen LogP contribution in [0.2, 0.25) is 0 Å². The van der Waals surface area contributed by atoms with Crippen molar-refractivity contribution in [1.82, 2.24) is 9.80 Å². The van der Waals surface area contributed by atoms with Gasteiger partial charge < -0.3 is 14.6 Å². The molecule has 0 N–H and O–H groups in total. The molecule has 0 amide bonds. The van der Waals surface area contributed by atoms with Gasteiger partial charge in [0.1, 0.15) is 6.61 Å². The first-order valence-corrected chi connectivity index (χ1v) is 9.58. The Balaban J connectivity index is 1.65. The first-order chi connectivity index (χ1) is 11.3. The molecule has 4 heteroatoms. The van der Waals surface area contributed by atoms with Gasteiger partial charge in [-0.25, -0.2) is 0 Å². The Labute approximate surface area is 142 Å². The smallest absolute Gasteiger partial charge is 0.118 e. The zero-order chi connectivity index (χ0) is 16.3. The van der Waals surface area contributed by atoms with Gasteiger partial charge >= 0.3 is 0 Å². The molecule has 2 aliphatic rings. The Hall–Kier alpha value is -0.870. The van der Waals surface area contributed by atoms with Crippen molar-refractivity contribution in [2.45, 2.75) is 58.3 Å². The third-order valence-electron chi connectivity index (χ3n) is 4.91. The Morgan fingerprint density at radius 3 is 2.65 bits per heavy atom. The monoisotopic (exact) mass is 321 g/mol. The molecule has 23 heavy (non-hydrogen) atoms. The number of unbranched alkanes of at least 4 members (excludes halogenated alkanes) is 2. The Bertz CT molecular complexity index is 384. The highest BCUT2D eigenvalue weighted by atomic mass is 16.6. The van der Waals surface area contributed by atoms with Crippen molar-refractivity contribution < 1.29 is 4.84 Å². The summed E-state index contributed by atoms with van der Waals surface area (Å²) in [6, 6.07) is 0. The Morgan fingerprint density at radius 2 is 1.87 bits per heavy atom. The second-order valence-electron chi connectivity index (χ2n) is 6.95. The minimum Gasteiger partial charge on any atom is -0.396 e. The summed E-state index contributed by atoms with van der Waals surface area (Å²) < 4.78 is 0. The van der Waals surface area contributed by atoms with E-state index in [0.29, 0.717) is 0 Å². The van der Waals surface area contributed by atoms with Gasteiger partial charge in [0.25, 0.3) is 0 Å². The van der Waals surface area contributed by atoms with Crippen LogP contribution in [-0.4, -0.2) is 61.9 Å². The molecule has 1 heterocycles. The van der Waals surface area contributed by atoms with E-state index < -0.39 is 0 Å². The van der Waals surface area contributed by atoms with Crippen LogP contribution in [-0.2, 0) is 4.84 Å². The molecule has 0 bridgehead atoms. The molecule has 2 rings (SSSR count). The molecule has 0 spiro atoms. The lowest BCUT2D eigenvalue weighted by molar-refractivity contribution is 0.110. The van der Waals surface area contributed by atoms with Crippen LogP contribution in [0, 0.1) is 0 Å². The average molecular weight is 322 g/mol. The Kier molecular flexibility index (Phi) is 8.69. The molecule has 0 aromatic carbocycles. The van der Waals surface area contributed by atoms with Crippen LogP contribution in [0.25, 0.3) is 0 Å². The van der Waals surface area contributed by atoms with Crippen molar-refractivity contribution >= 4 is 5.71 Å². The van der Waals surface area contributed by atoms with Gasteiger partial charge in [-0.15, -0.1) is 0 Å². The van der Waals surface area contributed by atoms with Gasteiger partial charge in [0.15, 0.2) is 0 Å². The van der Waals surface area contributed by atoms with Crippen LogP contribution in [0.15, 0.2) is 16.8 Å². The number of likely N-dealkylation sites (N-methyl/N-ethyl adjacent to an activating group) is 1. The van der Waals surface area contributed by atoms with E-state index >= 15 is 0 Å². The van der Waals surface area contributed by atoms with Crippen LogP contribution >= 0.6 is 0 Å². The highest BCUT2D eigenvalue weighted by molar-refractivity contribution is 6.00. The zero-order valence-corrected chi connectivity index (χ0v) is 15.2. The van der Waals surface area contributed by atoms with E-state index in [1.807, 2.05) is 0 Å². The van der Waals surface area contributed by atoms with Crippen LogP contribution in [0.4, 0.5) is 0 Å². The molecule has 1 aliphatic heterocycles. The molecule has 0 aromatic heterocycles. The maximum absolute atomic E-state index is 5.63. The summed E-state index contributed by atoms with van der Waals surface area (Å²) in [5, 5.41) is 4.46. The molecule has 132 valence electrons. The van der Waals surface area contributed by atoms with Gasteiger partial charge in [-0.1, -0.05) is 31.0 Å². The number of rotatable bonds is 8. The zero-order valence-electron chi connectivity index (χ0n) is 15.2. The molecule has 0 aromatic rings. The fourth-order valence-electron chi connectivity index (χ4n) is 3.27. The van der Waals surface area contributed by atoms with Crippen LogP contribution < -0.4 is 0 Å². The molecule has 1 saturated carbocycles. The maximum atomic E-state index is 5.63. The van der Waals surface area contributed by atoms with E-state index in [2.05, 4.69) is 35.0 Å². The fraction of sp³-hybridized carbons (Fsp3) is 0.842. The number of piperazine rings is 1. The second kappa shape index (κ2) is 10.8. The standard InChI is InChI=1S/C19H35N3O/c1-3-4-5-9-18-10-6-7-11-19(18)20-23-17-8-12-22-15-13-21(2)14-16-22/h9H,3-8,10-17H2,1-2H3/b18-9-,20-19+. The van der Waals surface area contributed by atoms with E-state index in [-0.39, 0.29) is 0 Å². The number of nitrogens with zero attached hydrogens (tertiary/aromatic N) is 3. The predicted octanol–water partition coefficient (Wildman–Crippen LogP) is 3.69. The van der Waals surface area contributed by atoms with Crippen molar-refractivity contribution in [3.63, 3.8) is 0 Å². The molecule has 1 saturated heterocycles. The van der Waals surface area contributed by atoms with Crippen LogP contribution in [0.3, 0.4) is 0 Å². The highest BCUT2D eigenvalue weighted by Gasteiger charge is 2.14. The molecule has 0 atom stereocenters. The van der Waals surface area contributed by atoms with Gasteiger partial charge in [0.05, 0.1) is 5.71 Å². The first kappa shape index (κ1) is 18.5. The quantitative estimate of drug-likeness (QED) is 0.504. The normalized spacial score (nSPS) is 24.4. The lowest BCUT2D eigenvalue weighted by Gasteiger charge is -2.32. The first-order valence-electron chi connectivity index (χ1n) is 9.58. The van der Waals surface area contributed by atoms with Crippen molar-refractivity contribution in [2.24, 2.45) is 5.16 Å². The summed E-state index contributed by atoms with van der Waals surface area (Å²) in [7, 11) is 2.20. The second-order valence-corrected chi connectivity index (χ2v) is 6.95. The summed E-state index contributed by atoms with van der Waals surface area (Å²) in [5.41, 5.74) is 2.66. The lowest BCUT2D eigenvalue weighted by atomic mass is 9.92. The summed E-state index contributed by atoms with van der Waals surface area (Å²) >= 11 is 0. The summed E-state index contributed by atoms with van der Waals surface area (Å²) in [6.07, 6.45) is 12.1. The molecular weight excluding hydrogens is 286 g/mol. The summed E-state index contributed by atoms with van der Waals surface area (Å²) in [4.78, 5) is 10.6. The number of hydrogen-bond acceptors (Lipinski definition) is 4. The Morgan fingerprint density at radius 1 is 1.09 bits per heavy atom. The van der Waals surface area contributed by atoms with E-state index in [0.717, 1.165) is 26.0 Å². The highest BCUT2D eigenvalue weighted by Crippen LogP contribution is 2.22. The molecule has 0 unspecified atom stereocenters. The van der Waals surface area contributed by atoms with Crippen molar-refractivity contribution in [3.05, 3.63) is 11.6 Å². The average Bonchev–Trinajstić information content (AvgIpc) is 2.58. The molecular formula is C19H35N3O. The summed E-state index contributed by atoms with van der Waals surface area (Å²) in [6.45, 7) is 8.89. The van der Waals surface area contributed by atoms with E-state index in [1.54, 1.807) is 0 Å². The van der Waals surface area contributed by atoms with Gasteiger partial charge in [0, 0.05) is 32.7 Å². The van der Waals surface area contributed by atoms with Crippen LogP contribution in [0.1, 0.15) is 58.3 Å². The van der Waals surface area contributed by atoms with E-state index in [1.165, 1.54) is 76.0 Å². The number of hydrogen-bond donors (Lipinski definition) is 0. The molecule has 0 radical (unpaired) electrons. The van der Waals surface area contributed by atoms with Gasteiger partial charge in [-0.2, -0.15) is 0 Å². The minimum atomic E-state index is 0.748. The molecule has 1 aliphatic carbocycles. The molecule has 2 fully saturated rings.